The zero-order chi connectivity index (χ0) is 14.8. The summed E-state index contributed by atoms with van der Waals surface area (Å²) in [7, 11) is -1.77. The molecule has 0 bridgehead atoms. The molecule has 1 N–H and O–H groups in total. The summed E-state index contributed by atoms with van der Waals surface area (Å²) in [6.45, 7) is 0. The van der Waals surface area contributed by atoms with E-state index in [1.807, 2.05) is 0 Å². The van der Waals surface area contributed by atoms with E-state index in [0.717, 1.165) is 6.26 Å². The molecule has 106 valence electrons. The zero-order valence-corrected chi connectivity index (χ0v) is 12.5. The van der Waals surface area contributed by atoms with Gasteiger partial charge in [-0.15, -0.1) is 11.3 Å². The van der Waals surface area contributed by atoms with Gasteiger partial charge in [-0.2, -0.15) is 0 Å². The number of carbonyl (C=O) groups excluding carboxylic acids is 1. The van der Waals surface area contributed by atoms with Crippen LogP contribution in [-0.4, -0.2) is 27.6 Å². The fourth-order valence-corrected chi connectivity index (χ4v) is 2.97. The summed E-state index contributed by atoms with van der Waals surface area (Å²) in [5.74, 6) is 0.526. The first-order valence-electron chi connectivity index (χ1n) is 5.64. The van der Waals surface area contributed by atoms with Crippen molar-refractivity contribution in [1.29, 1.82) is 0 Å². The Hall–Kier alpha value is -1.86. The van der Waals surface area contributed by atoms with Gasteiger partial charge in [0.15, 0.2) is 0 Å². The maximum absolute atomic E-state index is 12.2. The topological polar surface area (TPSA) is 72.5 Å². The minimum absolute atomic E-state index is 0.121. The lowest BCUT2D eigenvalue weighted by Gasteiger charge is -2.04. The molecule has 0 atom stereocenters. The molecule has 0 amide bonds. The van der Waals surface area contributed by atoms with Crippen LogP contribution in [0, 0.1) is 0 Å². The van der Waals surface area contributed by atoms with Crippen molar-refractivity contribution in [3.63, 3.8) is 0 Å². The Morgan fingerprint density at radius 3 is 2.40 bits per heavy atom. The van der Waals surface area contributed by atoms with Crippen LogP contribution >= 0.6 is 11.3 Å². The van der Waals surface area contributed by atoms with Crippen LogP contribution in [0.2, 0.25) is 0 Å². The lowest BCUT2D eigenvalue weighted by molar-refractivity contribution is 0.104. The maximum Gasteiger partial charge on any atom is 0.229 e. The summed E-state index contributed by atoms with van der Waals surface area (Å²) in [5.41, 5.74) is 0.918. The van der Waals surface area contributed by atoms with E-state index in [1.54, 1.807) is 42.8 Å². The van der Waals surface area contributed by atoms with Crippen molar-refractivity contribution >= 4 is 32.8 Å². The second-order valence-electron chi connectivity index (χ2n) is 4.13. The van der Waals surface area contributed by atoms with E-state index in [4.69, 9.17) is 4.74 Å². The first kappa shape index (κ1) is 14.5. The van der Waals surface area contributed by atoms with Gasteiger partial charge in [0.05, 0.1) is 18.2 Å². The third kappa shape index (κ3) is 3.58. The SMILES string of the molecule is COc1csc(C(=O)c2ccc(NS(C)(=O)=O)cc2)c1. The number of ether oxygens (including phenoxy) is 1. The molecule has 0 unspecified atom stereocenters. The highest BCUT2D eigenvalue weighted by atomic mass is 32.2. The van der Waals surface area contributed by atoms with E-state index in [1.165, 1.54) is 11.3 Å². The molecule has 2 rings (SSSR count). The highest BCUT2D eigenvalue weighted by Crippen LogP contribution is 2.24. The molecule has 0 aliphatic heterocycles. The van der Waals surface area contributed by atoms with Gasteiger partial charge in [-0.25, -0.2) is 8.42 Å². The zero-order valence-electron chi connectivity index (χ0n) is 10.9. The number of rotatable bonds is 5. The van der Waals surface area contributed by atoms with Gasteiger partial charge in [-0.3, -0.25) is 9.52 Å². The summed E-state index contributed by atoms with van der Waals surface area (Å²) in [6.07, 6.45) is 1.07. The molecule has 20 heavy (non-hydrogen) atoms. The second kappa shape index (κ2) is 5.64. The number of benzene rings is 1. The minimum Gasteiger partial charge on any atom is -0.496 e. The highest BCUT2D eigenvalue weighted by molar-refractivity contribution is 7.92. The second-order valence-corrected chi connectivity index (χ2v) is 6.79. The first-order chi connectivity index (χ1) is 9.39. The molecule has 1 heterocycles. The molecule has 7 heteroatoms. The molecule has 0 radical (unpaired) electrons. The summed E-state index contributed by atoms with van der Waals surface area (Å²) < 4.78 is 29.6. The summed E-state index contributed by atoms with van der Waals surface area (Å²) >= 11 is 1.31. The van der Waals surface area contributed by atoms with Gasteiger partial charge in [-0.1, -0.05) is 0 Å². The van der Waals surface area contributed by atoms with Crippen LogP contribution in [0.1, 0.15) is 15.2 Å². The number of hydrogen-bond donors (Lipinski definition) is 1. The van der Waals surface area contributed by atoms with Crippen molar-refractivity contribution in [1.82, 2.24) is 0 Å². The maximum atomic E-state index is 12.2. The lowest BCUT2D eigenvalue weighted by Crippen LogP contribution is -2.09. The van der Waals surface area contributed by atoms with E-state index in [9.17, 15) is 13.2 Å². The van der Waals surface area contributed by atoms with Crippen LogP contribution < -0.4 is 9.46 Å². The number of nitrogens with one attached hydrogen (secondary N) is 1. The molecular weight excluding hydrogens is 298 g/mol. The van der Waals surface area contributed by atoms with Crippen molar-refractivity contribution in [3.05, 3.63) is 46.2 Å². The predicted octanol–water partition coefficient (Wildman–Crippen LogP) is 2.36. The third-order valence-corrected chi connectivity index (χ3v) is 4.00. The predicted molar refractivity (Wildman–Crippen MR) is 79.2 cm³/mol. The van der Waals surface area contributed by atoms with Crippen LogP contribution in [0.4, 0.5) is 5.69 Å². The smallest absolute Gasteiger partial charge is 0.229 e. The number of ketones is 1. The Labute approximate surface area is 121 Å². The Balaban J connectivity index is 2.19. The molecule has 1 aromatic carbocycles. The lowest BCUT2D eigenvalue weighted by atomic mass is 10.1. The molecule has 1 aromatic heterocycles. The summed E-state index contributed by atoms with van der Waals surface area (Å²) in [4.78, 5) is 12.8. The number of sulfonamides is 1. The van der Waals surface area contributed by atoms with Crippen molar-refractivity contribution in [3.8, 4) is 5.75 Å². The van der Waals surface area contributed by atoms with Crippen LogP contribution in [-0.2, 0) is 10.0 Å². The van der Waals surface area contributed by atoms with Crippen LogP contribution in [0.3, 0.4) is 0 Å². The number of carbonyl (C=O) groups is 1. The summed E-state index contributed by atoms with van der Waals surface area (Å²) in [5, 5.41) is 1.76. The quantitative estimate of drug-likeness (QED) is 0.860. The molecule has 0 saturated carbocycles. The molecule has 2 aromatic rings. The van der Waals surface area contributed by atoms with E-state index in [-0.39, 0.29) is 5.78 Å². The van der Waals surface area contributed by atoms with Crippen LogP contribution in [0.25, 0.3) is 0 Å². The Kier molecular flexibility index (Phi) is 4.10. The van der Waals surface area contributed by atoms with Gasteiger partial charge in [0.1, 0.15) is 5.75 Å². The Morgan fingerprint density at radius 2 is 1.90 bits per heavy atom. The largest absolute Gasteiger partial charge is 0.496 e. The van der Waals surface area contributed by atoms with Gasteiger partial charge < -0.3 is 4.74 Å². The van der Waals surface area contributed by atoms with E-state index in [0.29, 0.717) is 21.9 Å². The third-order valence-electron chi connectivity index (χ3n) is 2.49. The first-order valence-corrected chi connectivity index (χ1v) is 8.41. The average molecular weight is 311 g/mol. The number of thiophene rings is 1. The monoisotopic (exact) mass is 311 g/mol. The normalized spacial score (nSPS) is 11.1. The molecular formula is C13H13NO4S2. The van der Waals surface area contributed by atoms with E-state index in [2.05, 4.69) is 4.72 Å². The van der Waals surface area contributed by atoms with Gasteiger partial charge in [0.2, 0.25) is 15.8 Å². The van der Waals surface area contributed by atoms with Crippen molar-refractivity contribution in [2.24, 2.45) is 0 Å². The van der Waals surface area contributed by atoms with Gasteiger partial charge in [0.25, 0.3) is 0 Å². The van der Waals surface area contributed by atoms with Crippen LogP contribution in [0.5, 0.6) is 5.75 Å². The number of hydrogen-bond acceptors (Lipinski definition) is 5. The molecule has 0 aliphatic carbocycles. The van der Waals surface area contributed by atoms with Gasteiger partial charge >= 0.3 is 0 Å². The van der Waals surface area contributed by atoms with Gasteiger partial charge in [-0.05, 0) is 24.3 Å². The highest BCUT2D eigenvalue weighted by Gasteiger charge is 2.12. The van der Waals surface area contributed by atoms with E-state index < -0.39 is 10.0 Å². The number of methoxy groups -OCH3 is 1. The molecule has 0 saturated heterocycles. The van der Waals surface area contributed by atoms with Crippen LogP contribution in [0.15, 0.2) is 35.7 Å². The minimum atomic E-state index is -3.31. The fraction of sp³-hybridized carbons (Fsp3) is 0.154. The molecule has 0 fully saturated rings. The molecule has 0 aliphatic rings. The standard InChI is InChI=1S/C13H13NO4S2/c1-18-11-7-12(19-8-11)13(15)9-3-5-10(6-4-9)14-20(2,16)17/h3-8,14H,1-2H3. The van der Waals surface area contributed by atoms with Gasteiger partial charge in [0, 0.05) is 22.7 Å². The average Bonchev–Trinajstić information content (AvgIpc) is 2.85. The van der Waals surface area contributed by atoms with Crippen molar-refractivity contribution in [2.75, 3.05) is 18.1 Å². The summed E-state index contributed by atoms with van der Waals surface area (Å²) in [6, 6.07) is 7.96. The molecule has 0 spiro atoms. The van der Waals surface area contributed by atoms with Crippen molar-refractivity contribution in [2.45, 2.75) is 0 Å². The Morgan fingerprint density at radius 1 is 1.25 bits per heavy atom. The molecule has 5 nitrogen and oxygen atoms in total. The van der Waals surface area contributed by atoms with E-state index >= 15 is 0 Å². The Bertz CT molecular complexity index is 717. The number of anilines is 1. The fourth-order valence-electron chi connectivity index (χ4n) is 1.59. The van der Waals surface area contributed by atoms with Crippen molar-refractivity contribution < 1.29 is 17.9 Å².